The molecule has 2 amide bonds. The van der Waals surface area contributed by atoms with E-state index in [1.807, 2.05) is 18.2 Å². The topological polar surface area (TPSA) is 68.3 Å². The smallest absolute Gasteiger partial charge is 0.410 e. The molecule has 0 aromatic heterocycles. The number of ether oxygens (including phenoxy) is 3. The lowest BCUT2D eigenvalue weighted by molar-refractivity contribution is -0.145. The van der Waals surface area contributed by atoms with Crippen LogP contribution in [0.5, 0.6) is 5.75 Å². The van der Waals surface area contributed by atoms with E-state index < -0.39 is 47.2 Å². The van der Waals surface area contributed by atoms with Crippen molar-refractivity contribution in [3.8, 4) is 5.75 Å². The number of nitrogens with zero attached hydrogens (tertiary/aromatic N) is 2. The summed E-state index contributed by atoms with van der Waals surface area (Å²) in [5, 5.41) is 0. The maximum Gasteiger partial charge on any atom is 0.410 e. The van der Waals surface area contributed by atoms with Crippen LogP contribution in [0.2, 0.25) is 0 Å². The molecule has 2 fully saturated rings. The molecule has 4 rings (SSSR count). The lowest BCUT2D eigenvalue weighted by Gasteiger charge is -2.34. The SMILES string of the molecule is CC(=O)N1[C@@H](Cc2cc(F)cc(F)c2)[C@@H]([C@H]2C[C@@H](Oc3cccc(CCC(C)C)c3)CN2C(=O)OC(C)(C)C)OC1(C)C. The number of aryl methyl sites for hydroxylation is 1. The van der Waals surface area contributed by atoms with E-state index in [-0.39, 0.29) is 25.0 Å². The van der Waals surface area contributed by atoms with Crippen molar-refractivity contribution in [2.45, 2.75) is 117 Å². The van der Waals surface area contributed by atoms with Gasteiger partial charge in [0.05, 0.1) is 18.6 Å². The zero-order chi connectivity index (χ0) is 31.7. The first-order valence-electron chi connectivity index (χ1n) is 15.2. The molecule has 2 saturated heterocycles. The van der Waals surface area contributed by atoms with Gasteiger partial charge in [-0.05, 0) is 95.2 Å². The van der Waals surface area contributed by atoms with Crippen LogP contribution in [-0.4, -0.2) is 64.0 Å². The number of carbonyl (C=O) groups excluding carboxylic acids is 2. The van der Waals surface area contributed by atoms with Gasteiger partial charge in [0.15, 0.2) is 0 Å². The number of halogens is 2. The highest BCUT2D eigenvalue weighted by atomic mass is 19.1. The average molecular weight is 601 g/mol. The minimum Gasteiger partial charge on any atom is -0.488 e. The highest BCUT2D eigenvalue weighted by Gasteiger charge is 2.55. The molecule has 2 aliphatic heterocycles. The molecule has 0 radical (unpaired) electrons. The lowest BCUT2D eigenvalue weighted by atomic mass is 9.94. The highest BCUT2D eigenvalue weighted by molar-refractivity contribution is 5.75. The molecular formula is C34H46F2N2O5. The second-order valence-corrected chi connectivity index (χ2v) is 13.7. The normalized spacial score (nSPS) is 23.6. The van der Waals surface area contributed by atoms with Gasteiger partial charge in [-0.15, -0.1) is 0 Å². The van der Waals surface area contributed by atoms with Crippen LogP contribution in [0.25, 0.3) is 0 Å². The summed E-state index contributed by atoms with van der Waals surface area (Å²) in [7, 11) is 0. The zero-order valence-electron chi connectivity index (χ0n) is 26.7. The van der Waals surface area contributed by atoms with Gasteiger partial charge < -0.3 is 19.1 Å². The maximum atomic E-state index is 14.2. The first-order chi connectivity index (χ1) is 20.0. The van der Waals surface area contributed by atoms with E-state index in [0.29, 0.717) is 17.9 Å². The molecule has 4 atom stereocenters. The van der Waals surface area contributed by atoms with Gasteiger partial charge in [-0.2, -0.15) is 0 Å². The quantitative estimate of drug-likeness (QED) is 0.330. The van der Waals surface area contributed by atoms with E-state index in [9.17, 15) is 18.4 Å². The van der Waals surface area contributed by atoms with Gasteiger partial charge in [-0.1, -0.05) is 26.0 Å². The summed E-state index contributed by atoms with van der Waals surface area (Å²) in [6, 6.07) is 10.3. The van der Waals surface area contributed by atoms with Crippen LogP contribution in [0.3, 0.4) is 0 Å². The van der Waals surface area contributed by atoms with Crippen LogP contribution in [0.4, 0.5) is 13.6 Å². The summed E-state index contributed by atoms with van der Waals surface area (Å²) in [5.74, 6) is -0.313. The van der Waals surface area contributed by atoms with Gasteiger partial charge in [0.1, 0.15) is 40.9 Å². The van der Waals surface area contributed by atoms with Gasteiger partial charge >= 0.3 is 6.09 Å². The van der Waals surface area contributed by atoms with Crippen LogP contribution in [0.15, 0.2) is 42.5 Å². The molecule has 2 aromatic carbocycles. The second kappa shape index (κ2) is 12.8. The van der Waals surface area contributed by atoms with Crippen LogP contribution in [-0.2, 0) is 27.1 Å². The van der Waals surface area contributed by atoms with Crippen molar-refractivity contribution >= 4 is 12.0 Å². The Morgan fingerprint density at radius 3 is 2.35 bits per heavy atom. The third-order valence-corrected chi connectivity index (χ3v) is 7.95. The fraction of sp³-hybridized carbons (Fsp3) is 0.588. The van der Waals surface area contributed by atoms with Crippen LogP contribution in [0.1, 0.15) is 79.4 Å². The van der Waals surface area contributed by atoms with E-state index >= 15 is 0 Å². The number of hydrogen-bond donors (Lipinski definition) is 0. The van der Waals surface area contributed by atoms with Crippen molar-refractivity contribution in [1.29, 1.82) is 0 Å². The van der Waals surface area contributed by atoms with Gasteiger partial charge in [-0.25, -0.2) is 13.6 Å². The summed E-state index contributed by atoms with van der Waals surface area (Å²) >= 11 is 0. The van der Waals surface area contributed by atoms with Gasteiger partial charge in [0.2, 0.25) is 5.91 Å². The van der Waals surface area contributed by atoms with Crippen molar-refractivity contribution in [2.75, 3.05) is 6.54 Å². The number of benzene rings is 2. The van der Waals surface area contributed by atoms with Crippen LogP contribution >= 0.6 is 0 Å². The average Bonchev–Trinajstić information content (AvgIpc) is 3.39. The minimum atomic E-state index is -1.02. The fourth-order valence-corrected chi connectivity index (χ4v) is 6.32. The molecule has 9 heteroatoms. The zero-order valence-corrected chi connectivity index (χ0v) is 26.7. The van der Waals surface area contributed by atoms with Crippen LogP contribution < -0.4 is 4.74 Å². The molecule has 0 bridgehead atoms. The molecular weight excluding hydrogens is 554 g/mol. The predicted octanol–water partition coefficient (Wildman–Crippen LogP) is 6.90. The summed E-state index contributed by atoms with van der Waals surface area (Å²) in [6.45, 7) is 15.1. The Morgan fingerprint density at radius 1 is 1.07 bits per heavy atom. The first kappa shape index (κ1) is 32.7. The first-order valence-corrected chi connectivity index (χ1v) is 15.2. The molecule has 0 unspecified atom stereocenters. The Kier molecular flexibility index (Phi) is 9.74. The summed E-state index contributed by atoms with van der Waals surface area (Å²) in [4.78, 5) is 29.8. The predicted molar refractivity (Wildman–Crippen MR) is 161 cm³/mol. The Bertz CT molecular complexity index is 1290. The Labute approximate surface area is 254 Å². The molecule has 0 aliphatic carbocycles. The van der Waals surface area contributed by atoms with E-state index in [1.54, 1.807) is 44.4 Å². The Balaban J connectivity index is 1.66. The largest absolute Gasteiger partial charge is 0.488 e. The van der Waals surface area contributed by atoms with Gasteiger partial charge in [0.25, 0.3) is 0 Å². The third-order valence-electron chi connectivity index (χ3n) is 7.95. The molecule has 2 heterocycles. The monoisotopic (exact) mass is 600 g/mol. The van der Waals surface area contributed by atoms with Crippen molar-refractivity contribution < 1.29 is 32.6 Å². The number of hydrogen-bond acceptors (Lipinski definition) is 5. The minimum absolute atomic E-state index is 0.143. The van der Waals surface area contributed by atoms with Crippen molar-refractivity contribution in [3.05, 3.63) is 65.2 Å². The summed E-state index contributed by atoms with van der Waals surface area (Å²) in [5.41, 5.74) is -0.167. The molecule has 7 nitrogen and oxygen atoms in total. The Hall–Kier alpha value is -3.20. The standard InChI is InChI=1S/C34H46F2N2O5/c1-21(2)12-13-23-10-9-11-27(16-23)41-28-19-29(37(20-28)32(40)43-33(4,5)6)31-30(38(22(3)39)34(7,8)42-31)17-24-14-25(35)18-26(36)15-24/h9-11,14-16,18,21,28-31H,12-13,17,19-20H2,1-8H3/t28-,29-,30+,31-/m1/s1. The number of amides is 2. The Morgan fingerprint density at radius 2 is 1.74 bits per heavy atom. The maximum absolute atomic E-state index is 14.2. The van der Waals surface area contributed by atoms with Gasteiger partial charge in [-0.3, -0.25) is 9.69 Å². The molecule has 0 spiro atoms. The molecule has 43 heavy (non-hydrogen) atoms. The van der Waals surface area contributed by atoms with Crippen molar-refractivity contribution in [3.63, 3.8) is 0 Å². The third kappa shape index (κ3) is 8.25. The molecule has 2 aromatic rings. The number of likely N-dealkylation sites (tertiary alicyclic amines) is 1. The number of rotatable bonds is 8. The molecule has 2 aliphatic rings. The highest BCUT2D eigenvalue weighted by Crippen LogP contribution is 2.40. The van der Waals surface area contributed by atoms with E-state index in [4.69, 9.17) is 14.2 Å². The van der Waals surface area contributed by atoms with Crippen LogP contribution in [0, 0.1) is 17.6 Å². The second-order valence-electron chi connectivity index (χ2n) is 13.7. The number of carbonyl (C=O) groups is 2. The summed E-state index contributed by atoms with van der Waals surface area (Å²) < 4.78 is 47.1. The fourth-order valence-electron chi connectivity index (χ4n) is 6.32. The van der Waals surface area contributed by atoms with E-state index in [1.165, 1.54) is 24.6 Å². The molecule has 0 N–H and O–H groups in total. The molecule has 236 valence electrons. The van der Waals surface area contributed by atoms with E-state index in [2.05, 4.69) is 19.9 Å². The van der Waals surface area contributed by atoms with Gasteiger partial charge in [0, 0.05) is 19.4 Å². The van der Waals surface area contributed by atoms with Crippen molar-refractivity contribution in [1.82, 2.24) is 9.80 Å². The van der Waals surface area contributed by atoms with Crippen molar-refractivity contribution in [2.24, 2.45) is 5.92 Å². The lowest BCUT2D eigenvalue weighted by Crippen LogP contribution is -2.52. The van der Waals surface area contributed by atoms with E-state index in [0.717, 1.165) is 24.7 Å². The summed E-state index contributed by atoms with van der Waals surface area (Å²) in [6.07, 6.45) is 1.06. The molecule has 0 saturated carbocycles.